The van der Waals surface area contributed by atoms with E-state index in [2.05, 4.69) is 5.32 Å². The number of carbonyl (C=O) groups excluding carboxylic acids is 1. The second kappa shape index (κ2) is 6.33. The SMILES string of the molecule is CCC(C)(CN)C(=O)NC(C(=O)O)c1ccccc1. The predicted molar refractivity (Wildman–Crippen MR) is 72.4 cm³/mol. The van der Waals surface area contributed by atoms with Gasteiger partial charge in [0.1, 0.15) is 0 Å². The van der Waals surface area contributed by atoms with Crippen LogP contribution >= 0.6 is 0 Å². The highest BCUT2D eigenvalue weighted by Crippen LogP contribution is 2.22. The molecule has 1 aromatic carbocycles. The lowest BCUT2D eigenvalue weighted by atomic mass is 9.86. The molecule has 104 valence electrons. The van der Waals surface area contributed by atoms with Crippen molar-refractivity contribution >= 4 is 11.9 Å². The van der Waals surface area contributed by atoms with Gasteiger partial charge in [-0.25, -0.2) is 4.79 Å². The van der Waals surface area contributed by atoms with Gasteiger partial charge in [0, 0.05) is 6.54 Å². The molecule has 1 rings (SSSR count). The van der Waals surface area contributed by atoms with Gasteiger partial charge in [-0.2, -0.15) is 0 Å². The molecular weight excluding hydrogens is 244 g/mol. The van der Waals surface area contributed by atoms with Crippen molar-refractivity contribution in [1.29, 1.82) is 0 Å². The molecule has 5 heteroatoms. The number of nitrogens with two attached hydrogens (primary N) is 1. The van der Waals surface area contributed by atoms with E-state index in [0.717, 1.165) is 0 Å². The molecular formula is C14H20N2O3. The van der Waals surface area contributed by atoms with Gasteiger partial charge < -0.3 is 16.2 Å². The molecule has 0 aliphatic rings. The molecule has 0 radical (unpaired) electrons. The van der Waals surface area contributed by atoms with Gasteiger partial charge in [0.2, 0.25) is 5.91 Å². The summed E-state index contributed by atoms with van der Waals surface area (Å²) in [5.41, 5.74) is 5.39. The van der Waals surface area contributed by atoms with Gasteiger partial charge in [0.15, 0.2) is 6.04 Å². The Morgan fingerprint density at radius 1 is 1.37 bits per heavy atom. The van der Waals surface area contributed by atoms with Crippen LogP contribution in [0.25, 0.3) is 0 Å². The smallest absolute Gasteiger partial charge is 0.330 e. The Hall–Kier alpha value is -1.88. The number of amides is 1. The molecule has 0 aliphatic heterocycles. The lowest BCUT2D eigenvalue weighted by Gasteiger charge is -2.27. The topological polar surface area (TPSA) is 92.4 Å². The highest BCUT2D eigenvalue weighted by molar-refractivity contribution is 5.88. The standard InChI is InChI=1S/C14H20N2O3/c1-3-14(2,9-15)13(19)16-11(12(17)18)10-7-5-4-6-8-10/h4-8,11H,3,9,15H2,1-2H3,(H,16,19)(H,17,18). The first-order valence-corrected chi connectivity index (χ1v) is 6.23. The molecule has 0 bridgehead atoms. The predicted octanol–water partition coefficient (Wildman–Crippen LogP) is 1.30. The number of hydrogen-bond donors (Lipinski definition) is 3. The number of benzene rings is 1. The largest absolute Gasteiger partial charge is 0.479 e. The molecule has 2 atom stereocenters. The Kier molecular flexibility index (Phi) is 5.06. The van der Waals surface area contributed by atoms with Crippen LogP contribution in [0.15, 0.2) is 30.3 Å². The number of aliphatic carboxylic acids is 1. The van der Waals surface area contributed by atoms with Crippen LogP contribution in [-0.2, 0) is 9.59 Å². The second-order valence-electron chi connectivity index (χ2n) is 4.77. The maximum atomic E-state index is 12.2. The number of carboxylic acids is 1. The van der Waals surface area contributed by atoms with Crippen LogP contribution in [0.3, 0.4) is 0 Å². The zero-order chi connectivity index (χ0) is 14.5. The van der Waals surface area contributed by atoms with E-state index in [-0.39, 0.29) is 12.5 Å². The van der Waals surface area contributed by atoms with Crippen molar-refractivity contribution in [2.24, 2.45) is 11.1 Å². The molecule has 0 saturated carbocycles. The van der Waals surface area contributed by atoms with E-state index in [4.69, 9.17) is 5.73 Å². The van der Waals surface area contributed by atoms with Crippen molar-refractivity contribution < 1.29 is 14.7 Å². The molecule has 0 saturated heterocycles. The van der Waals surface area contributed by atoms with Crippen LogP contribution in [0.1, 0.15) is 31.9 Å². The summed E-state index contributed by atoms with van der Waals surface area (Å²) in [5, 5.41) is 11.8. The summed E-state index contributed by atoms with van der Waals surface area (Å²) < 4.78 is 0. The lowest BCUT2D eigenvalue weighted by molar-refractivity contribution is -0.143. The molecule has 0 fully saturated rings. The van der Waals surface area contributed by atoms with Gasteiger partial charge in [-0.05, 0) is 18.9 Å². The van der Waals surface area contributed by atoms with Crippen LogP contribution in [0.4, 0.5) is 0 Å². The fourth-order valence-corrected chi connectivity index (χ4v) is 1.64. The maximum Gasteiger partial charge on any atom is 0.330 e. The fourth-order valence-electron chi connectivity index (χ4n) is 1.64. The third kappa shape index (κ3) is 3.54. The zero-order valence-corrected chi connectivity index (χ0v) is 11.2. The number of rotatable bonds is 6. The Bertz CT molecular complexity index is 441. The Morgan fingerprint density at radius 3 is 2.37 bits per heavy atom. The Balaban J connectivity index is 2.93. The summed E-state index contributed by atoms with van der Waals surface area (Å²) in [5.74, 6) is -1.43. The van der Waals surface area contributed by atoms with Crippen molar-refractivity contribution in [3.05, 3.63) is 35.9 Å². The third-order valence-electron chi connectivity index (χ3n) is 3.43. The van der Waals surface area contributed by atoms with Gasteiger partial charge in [0.05, 0.1) is 5.41 Å². The van der Waals surface area contributed by atoms with E-state index in [1.54, 1.807) is 37.3 Å². The Morgan fingerprint density at radius 2 is 1.95 bits per heavy atom. The summed E-state index contributed by atoms with van der Waals surface area (Å²) in [6.45, 7) is 3.76. The van der Waals surface area contributed by atoms with Crippen LogP contribution in [-0.4, -0.2) is 23.5 Å². The van der Waals surface area contributed by atoms with E-state index in [1.807, 2.05) is 6.92 Å². The third-order valence-corrected chi connectivity index (χ3v) is 3.43. The molecule has 0 heterocycles. The summed E-state index contributed by atoms with van der Waals surface area (Å²) >= 11 is 0. The molecule has 0 aromatic heterocycles. The van der Waals surface area contributed by atoms with Gasteiger partial charge in [-0.1, -0.05) is 37.3 Å². The van der Waals surface area contributed by atoms with E-state index < -0.39 is 17.4 Å². The zero-order valence-electron chi connectivity index (χ0n) is 11.2. The average molecular weight is 264 g/mol. The molecule has 19 heavy (non-hydrogen) atoms. The molecule has 5 nitrogen and oxygen atoms in total. The van der Waals surface area contributed by atoms with E-state index in [0.29, 0.717) is 12.0 Å². The van der Waals surface area contributed by atoms with Crippen LogP contribution in [0.2, 0.25) is 0 Å². The summed E-state index contributed by atoms with van der Waals surface area (Å²) in [6.07, 6.45) is 0.552. The molecule has 0 aliphatic carbocycles. The van der Waals surface area contributed by atoms with Crippen LogP contribution < -0.4 is 11.1 Å². The van der Waals surface area contributed by atoms with Crippen molar-refractivity contribution in [3.8, 4) is 0 Å². The quantitative estimate of drug-likeness (QED) is 0.722. The molecule has 1 aromatic rings. The maximum absolute atomic E-state index is 12.2. The molecule has 4 N–H and O–H groups in total. The number of carboxylic acid groups (broad SMARTS) is 1. The minimum absolute atomic E-state index is 0.177. The van der Waals surface area contributed by atoms with E-state index >= 15 is 0 Å². The van der Waals surface area contributed by atoms with Crippen molar-refractivity contribution in [2.45, 2.75) is 26.3 Å². The fraction of sp³-hybridized carbons (Fsp3) is 0.429. The molecule has 2 unspecified atom stereocenters. The van der Waals surface area contributed by atoms with Crippen molar-refractivity contribution in [1.82, 2.24) is 5.32 Å². The lowest BCUT2D eigenvalue weighted by Crippen LogP contribution is -2.46. The molecule has 0 spiro atoms. The molecule has 1 amide bonds. The summed E-state index contributed by atoms with van der Waals surface area (Å²) in [7, 11) is 0. The highest BCUT2D eigenvalue weighted by atomic mass is 16.4. The van der Waals surface area contributed by atoms with E-state index in [1.165, 1.54) is 0 Å². The average Bonchev–Trinajstić information content (AvgIpc) is 2.44. The van der Waals surface area contributed by atoms with Gasteiger partial charge in [0.25, 0.3) is 0 Å². The monoisotopic (exact) mass is 264 g/mol. The highest BCUT2D eigenvalue weighted by Gasteiger charge is 2.33. The Labute approximate surface area is 112 Å². The van der Waals surface area contributed by atoms with Crippen molar-refractivity contribution in [2.75, 3.05) is 6.54 Å². The van der Waals surface area contributed by atoms with Gasteiger partial charge in [-0.3, -0.25) is 4.79 Å². The second-order valence-corrected chi connectivity index (χ2v) is 4.77. The first-order chi connectivity index (χ1) is 8.94. The van der Waals surface area contributed by atoms with Crippen LogP contribution in [0, 0.1) is 5.41 Å². The summed E-state index contributed by atoms with van der Waals surface area (Å²) in [4.78, 5) is 23.5. The van der Waals surface area contributed by atoms with Crippen LogP contribution in [0.5, 0.6) is 0 Å². The first kappa shape index (κ1) is 15.2. The minimum Gasteiger partial charge on any atom is -0.479 e. The minimum atomic E-state index is -1.09. The normalized spacial score (nSPS) is 15.3. The number of nitrogens with one attached hydrogen (secondary N) is 1. The van der Waals surface area contributed by atoms with Crippen molar-refractivity contribution in [3.63, 3.8) is 0 Å². The van der Waals surface area contributed by atoms with Gasteiger partial charge >= 0.3 is 5.97 Å². The van der Waals surface area contributed by atoms with Gasteiger partial charge in [-0.15, -0.1) is 0 Å². The number of hydrogen-bond acceptors (Lipinski definition) is 3. The van der Waals surface area contributed by atoms with E-state index in [9.17, 15) is 14.7 Å². The first-order valence-electron chi connectivity index (χ1n) is 6.23. The summed E-state index contributed by atoms with van der Waals surface area (Å²) in [6, 6.07) is 7.56. The number of carbonyl (C=O) groups is 2.